The normalized spacial score (nSPS) is 21.3. The molecule has 0 aromatic rings. The number of allylic oxidation sites excluding steroid dienone is 4. The van der Waals surface area contributed by atoms with Crippen molar-refractivity contribution < 1.29 is 33.5 Å². The van der Waals surface area contributed by atoms with Gasteiger partial charge >= 0.3 is 5.97 Å². The van der Waals surface area contributed by atoms with Crippen LogP contribution in [0.1, 0.15) is 85.0 Å². The lowest BCUT2D eigenvalue weighted by atomic mass is 10.0. The Labute approximate surface area is 307 Å². The van der Waals surface area contributed by atoms with Crippen LogP contribution in [0.15, 0.2) is 50.6 Å². The number of cyclic esters (lactones) is 1. The van der Waals surface area contributed by atoms with Gasteiger partial charge in [-0.15, -0.1) is 26.3 Å². The maximum atomic E-state index is 11.6. The van der Waals surface area contributed by atoms with Crippen molar-refractivity contribution >= 4 is 58.0 Å². The summed E-state index contributed by atoms with van der Waals surface area (Å²) in [6.45, 7) is 21.8. The van der Waals surface area contributed by atoms with E-state index in [1.54, 1.807) is 16.7 Å². The number of nitrogens with zero attached hydrogens (tertiary/aromatic N) is 2. The molecule has 276 valence electrons. The first-order chi connectivity index (χ1) is 23.2. The largest absolute Gasteiger partial charge is 0.465 e. The predicted molar refractivity (Wildman–Crippen MR) is 202 cm³/mol. The van der Waals surface area contributed by atoms with Crippen LogP contribution in [0.5, 0.6) is 0 Å². The van der Waals surface area contributed by atoms with Crippen LogP contribution in [0.3, 0.4) is 0 Å². The number of halogens is 1. The van der Waals surface area contributed by atoms with Crippen LogP contribution in [0.4, 0.5) is 0 Å². The minimum Gasteiger partial charge on any atom is -0.465 e. The zero-order valence-corrected chi connectivity index (χ0v) is 31.9. The lowest BCUT2D eigenvalue weighted by Gasteiger charge is -2.24. The molecule has 0 aromatic carbocycles. The monoisotopic (exact) mass is 798 g/mol. The highest BCUT2D eigenvalue weighted by atomic mass is 127. The third-order valence-corrected chi connectivity index (χ3v) is 9.64. The van der Waals surface area contributed by atoms with Gasteiger partial charge in [-0.1, -0.05) is 60.7 Å². The number of esters is 1. The molecule has 0 spiro atoms. The molecule has 0 saturated carbocycles. The van der Waals surface area contributed by atoms with E-state index in [1.165, 1.54) is 0 Å². The number of hydrogen-bond acceptors (Lipinski definition) is 7. The Morgan fingerprint density at radius 1 is 0.796 bits per heavy atom. The van der Waals surface area contributed by atoms with Gasteiger partial charge in [0.25, 0.3) is 0 Å². The molecule has 3 heterocycles. The van der Waals surface area contributed by atoms with E-state index in [4.69, 9.17) is 16.2 Å². The number of amides is 4. The Bertz CT molecular complexity index is 1090. The van der Waals surface area contributed by atoms with Gasteiger partial charge < -0.3 is 30.8 Å². The summed E-state index contributed by atoms with van der Waals surface area (Å²) in [7, 11) is 0. The maximum absolute atomic E-state index is 11.6. The third kappa shape index (κ3) is 17.8. The SMILES string of the molecule is C=CCC(CI)CC(C)=O.C=CCC1COC(=O)C1.C=CC[C@@H]1CC(=O)N([C@@H](CC)C(N)=O)C1.C=CC[C@H]1CC(=O)N([C@@H](CC)C(N)=O)C1. The number of likely N-dealkylation sites (tertiary alicyclic amines) is 2. The number of ether oxygens (including phenoxy) is 1. The maximum Gasteiger partial charge on any atom is 0.306 e. The smallest absolute Gasteiger partial charge is 0.306 e. The van der Waals surface area contributed by atoms with Crippen LogP contribution < -0.4 is 11.5 Å². The van der Waals surface area contributed by atoms with E-state index in [0.29, 0.717) is 81.9 Å². The number of carbonyl (C=O) groups is 6. The second-order valence-corrected chi connectivity index (χ2v) is 13.5. The molecule has 0 radical (unpaired) electrons. The summed E-state index contributed by atoms with van der Waals surface area (Å²) >= 11 is 2.31. The van der Waals surface area contributed by atoms with E-state index >= 15 is 0 Å². The van der Waals surface area contributed by atoms with E-state index in [1.807, 2.05) is 38.2 Å². The molecule has 0 aliphatic carbocycles. The summed E-state index contributed by atoms with van der Waals surface area (Å²) < 4.78 is 5.78. The number of ketones is 1. The summed E-state index contributed by atoms with van der Waals surface area (Å²) in [5.41, 5.74) is 10.5. The minimum atomic E-state index is -0.438. The second-order valence-electron chi connectivity index (χ2n) is 12.7. The van der Waals surface area contributed by atoms with Gasteiger partial charge in [0.05, 0.1) is 13.0 Å². The second kappa shape index (κ2) is 25.6. The Balaban J connectivity index is 0.000000642. The van der Waals surface area contributed by atoms with Crippen LogP contribution in [-0.4, -0.2) is 81.4 Å². The van der Waals surface area contributed by atoms with Crippen LogP contribution >= 0.6 is 22.6 Å². The molecule has 4 N–H and O–H groups in total. The lowest BCUT2D eigenvalue weighted by Crippen LogP contribution is -2.45. The summed E-state index contributed by atoms with van der Waals surface area (Å²) in [4.78, 5) is 69.9. The van der Waals surface area contributed by atoms with Gasteiger partial charge in [-0.3, -0.25) is 24.0 Å². The molecule has 12 heteroatoms. The third-order valence-electron chi connectivity index (χ3n) is 8.39. The molecule has 3 aliphatic heterocycles. The van der Waals surface area contributed by atoms with Crippen molar-refractivity contribution in [3.8, 4) is 0 Å². The highest BCUT2D eigenvalue weighted by molar-refractivity contribution is 14.1. The molecule has 3 aliphatic rings. The average molecular weight is 799 g/mol. The highest BCUT2D eigenvalue weighted by Gasteiger charge is 2.36. The van der Waals surface area contributed by atoms with E-state index in [9.17, 15) is 28.8 Å². The Hall–Kier alpha value is -3.29. The summed E-state index contributed by atoms with van der Waals surface area (Å²) in [5, 5.41) is 0. The summed E-state index contributed by atoms with van der Waals surface area (Å²) in [6, 6.07) is -0.875. The van der Waals surface area contributed by atoms with Gasteiger partial charge in [-0.25, -0.2) is 0 Å². The van der Waals surface area contributed by atoms with Gasteiger partial charge in [0, 0.05) is 42.7 Å². The zero-order valence-electron chi connectivity index (χ0n) is 29.8. The van der Waals surface area contributed by atoms with Crippen LogP contribution in [0.25, 0.3) is 0 Å². The first-order valence-electron chi connectivity index (χ1n) is 17.0. The molecule has 11 nitrogen and oxygen atoms in total. The molecule has 6 atom stereocenters. The Kier molecular flexibility index (Phi) is 23.9. The van der Waals surface area contributed by atoms with Crippen molar-refractivity contribution in [3.63, 3.8) is 0 Å². The van der Waals surface area contributed by atoms with E-state index < -0.39 is 23.9 Å². The minimum absolute atomic E-state index is 0.0347. The fourth-order valence-corrected chi connectivity index (χ4v) is 6.62. The Morgan fingerprint density at radius 3 is 1.51 bits per heavy atom. The number of hydrogen-bond donors (Lipinski definition) is 2. The molecular formula is C37H59IN4O7. The number of carbonyl (C=O) groups excluding carboxylic acids is 6. The number of primary amides is 2. The van der Waals surface area contributed by atoms with E-state index in [2.05, 4.69) is 48.9 Å². The molecular weight excluding hydrogens is 739 g/mol. The number of Topliss-reactive ketones (excluding diaryl/α,β-unsaturated/α-hetero) is 1. The first kappa shape index (κ1) is 45.7. The van der Waals surface area contributed by atoms with Crippen molar-refractivity contribution in [1.82, 2.24) is 9.80 Å². The highest BCUT2D eigenvalue weighted by Crippen LogP contribution is 2.25. The molecule has 49 heavy (non-hydrogen) atoms. The van der Waals surface area contributed by atoms with Crippen LogP contribution in [-0.2, 0) is 33.5 Å². The molecule has 3 rings (SSSR count). The molecule has 2 unspecified atom stereocenters. The van der Waals surface area contributed by atoms with Crippen LogP contribution in [0, 0.1) is 23.7 Å². The van der Waals surface area contributed by atoms with Crippen molar-refractivity contribution in [1.29, 1.82) is 0 Å². The molecule has 3 fully saturated rings. The van der Waals surface area contributed by atoms with Crippen molar-refractivity contribution in [2.24, 2.45) is 35.1 Å². The van der Waals surface area contributed by atoms with Gasteiger partial charge in [0.1, 0.15) is 17.9 Å². The zero-order chi connectivity index (χ0) is 37.5. The Morgan fingerprint density at radius 2 is 1.22 bits per heavy atom. The van der Waals surface area contributed by atoms with Gasteiger partial charge in [-0.2, -0.15) is 0 Å². The fraction of sp³-hybridized carbons (Fsp3) is 0.622. The molecule has 3 saturated heterocycles. The van der Waals surface area contributed by atoms with Gasteiger partial charge in [-0.05, 0) is 63.2 Å². The van der Waals surface area contributed by atoms with E-state index in [-0.39, 0.29) is 23.6 Å². The molecule has 0 aromatic heterocycles. The standard InChI is InChI=1S/2C11H18N2O2.C8H13IO.C7H10O2/c2*1-3-5-8-6-10(14)13(7-8)9(4-2)11(12)15;1-3-4-8(6-9)5-7(2)10;1-2-3-6-4-7(8)9-5-6/h2*3,8-9H,1,4-7H2,2H3,(H2,12,15);3,8H,1,4-6H2,2H3;2,6H,1,3-5H2/t8-,9+;8-,9-;;/m10../s1. The van der Waals surface area contributed by atoms with Gasteiger partial charge in [0.2, 0.25) is 23.6 Å². The quantitative estimate of drug-likeness (QED) is 0.0896. The fourth-order valence-electron chi connectivity index (χ4n) is 5.95. The first-order valence-corrected chi connectivity index (χ1v) is 18.6. The number of alkyl halides is 1. The predicted octanol–water partition coefficient (Wildman–Crippen LogP) is 5.07. The average Bonchev–Trinajstić information content (AvgIpc) is 3.72. The van der Waals surface area contributed by atoms with E-state index in [0.717, 1.165) is 30.1 Å². The van der Waals surface area contributed by atoms with Crippen molar-refractivity contribution in [2.75, 3.05) is 24.1 Å². The summed E-state index contributed by atoms with van der Waals surface area (Å²) in [5.74, 6) is 0.956. The topological polar surface area (TPSA) is 170 Å². The van der Waals surface area contributed by atoms with Crippen molar-refractivity contribution in [3.05, 3.63) is 50.6 Å². The number of nitrogens with two attached hydrogens (primary N) is 2. The van der Waals surface area contributed by atoms with Crippen LogP contribution in [0.2, 0.25) is 0 Å². The van der Waals surface area contributed by atoms with Crippen molar-refractivity contribution in [2.45, 2.75) is 97.1 Å². The summed E-state index contributed by atoms with van der Waals surface area (Å²) in [6.07, 6.45) is 14.3. The lowest BCUT2D eigenvalue weighted by molar-refractivity contribution is -0.138. The van der Waals surface area contributed by atoms with Gasteiger partial charge in [0.15, 0.2) is 0 Å². The molecule has 4 amide bonds. The molecule has 0 bridgehead atoms. The number of rotatable bonds is 17.